The van der Waals surface area contributed by atoms with E-state index in [9.17, 15) is 4.79 Å². The zero-order valence-corrected chi connectivity index (χ0v) is 11.3. The van der Waals surface area contributed by atoms with Gasteiger partial charge in [0.1, 0.15) is 0 Å². The third kappa shape index (κ3) is 3.69. The van der Waals surface area contributed by atoms with E-state index in [2.05, 4.69) is 4.90 Å². The number of carbonyl (C=O) groups excluding carboxylic acids is 1. The van der Waals surface area contributed by atoms with Gasteiger partial charge in [0, 0.05) is 45.2 Å². The van der Waals surface area contributed by atoms with Crippen molar-refractivity contribution >= 4 is 5.91 Å². The van der Waals surface area contributed by atoms with Crippen molar-refractivity contribution in [2.24, 2.45) is 0 Å². The van der Waals surface area contributed by atoms with E-state index in [0.29, 0.717) is 6.42 Å². The Kier molecular flexibility index (Phi) is 5.45. The van der Waals surface area contributed by atoms with Gasteiger partial charge >= 0.3 is 0 Å². The molecular weight excluding hydrogens is 228 g/mol. The average Bonchev–Trinajstić information content (AvgIpc) is 2.93. The van der Waals surface area contributed by atoms with Crippen molar-refractivity contribution in [1.29, 1.82) is 0 Å². The third-order valence-electron chi connectivity index (χ3n) is 4.31. The quantitative estimate of drug-likeness (QED) is 0.751. The number of unbranched alkanes of at least 4 members (excludes halogenated alkanes) is 1. The molecule has 18 heavy (non-hydrogen) atoms. The fraction of sp³-hybridized carbons (Fsp3) is 0.929. The summed E-state index contributed by atoms with van der Waals surface area (Å²) >= 11 is 0. The molecule has 4 heteroatoms. The van der Waals surface area contributed by atoms with Crippen molar-refractivity contribution in [3.8, 4) is 0 Å². The molecule has 0 radical (unpaired) electrons. The van der Waals surface area contributed by atoms with Gasteiger partial charge in [-0.3, -0.25) is 9.69 Å². The van der Waals surface area contributed by atoms with Crippen molar-refractivity contribution in [3.05, 3.63) is 0 Å². The van der Waals surface area contributed by atoms with Gasteiger partial charge in [0.25, 0.3) is 0 Å². The molecule has 0 atom stereocenters. The fourth-order valence-electron chi connectivity index (χ4n) is 3.15. The third-order valence-corrected chi connectivity index (χ3v) is 4.31. The van der Waals surface area contributed by atoms with Crippen LogP contribution in [0.15, 0.2) is 0 Å². The van der Waals surface area contributed by atoms with Crippen LogP contribution in [-0.4, -0.2) is 59.6 Å². The van der Waals surface area contributed by atoms with Crippen molar-refractivity contribution in [1.82, 2.24) is 9.80 Å². The Bertz CT molecular complexity index is 257. The largest absolute Gasteiger partial charge is 0.396 e. The molecule has 2 fully saturated rings. The van der Waals surface area contributed by atoms with Crippen LogP contribution < -0.4 is 0 Å². The van der Waals surface area contributed by atoms with Gasteiger partial charge in [0.15, 0.2) is 0 Å². The van der Waals surface area contributed by atoms with E-state index in [1.807, 2.05) is 4.90 Å². The molecule has 1 saturated heterocycles. The molecule has 0 aromatic rings. The monoisotopic (exact) mass is 254 g/mol. The lowest BCUT2D eigenvalue weighted by molar-refractivity contribution is -0.133. The molecular formula is C14H26N2O2. The number of hydrogen-bond acceptors (Lipinski definition) is 3. The second kappa shape index (κ2) is 7.10. The summed E-state index contributed by atoms with van der Waals surface area (Å²) in [5, 5.41) is 8.71. The number of aliphatic hydroxyl groups is 1. The van der Waals surface area contributed by atoms with Gasteiger partial charge in [-0.15, -0.1) is 0 Å². The van der Waals surface area contributed by atoms with Crippen molar-refractivity contribution in [2.45, 2.75) is 51.0 Å². The van der Waals surface area contributed by atoms with Gasteiger partial charge < -0.3 is 10.0 Å². The minimum atomic E-state index is 0.197. The van der Waals surface area contributed by atoms with Crippen LogP contribution in [-0.2, 0) is 4.79 Å². The van der Waals surface area contributed by atoms with Crippen molar-refractivity contribution in [2.75, 3.05) is 32.8 Å². The van der Waals surface area contributed by atoms with Crippen LogP contribution in [0.3, 0.4) is 0 Å². The van der Waals surface area contributed by atoms with Crippen molar-refractivity contribution < 1.29 is 9.90 Å². The van der Waals surface area contributed by atoms with Gasteiger partial charge in [-0.1, -0.05) is 12.8 Å². The van der Waals surface area contributed by atoms with E-state index in [4.69, 9.17) is 5.11 Å². The molecule has 4 nitrogen and oxygen atoms in total. The van der Waals surface area contributed by atoms with Crippen LogP contribution in [0.1, 0.15) is 44.9 Å². The summed E-state index contributed by atoms with van der Waals surface area (Å²) in [7, 11) is 0. The lowest BCUT2D eigenvalue weighted by Gasteiger charge is -2.38. The Morgan fingerprint density at radius 2 is 1.72 bits per heavy atom. The molecule has 2 aliphatic rings. The highest BCUT2D eigenvalue weighted by atomic mass is 16.3. The molecule has 0 spiro atoms. The van der Waals surface area contributed by atoms with Crippen LogP contribution in [0.4, 0.5) is 0 Å². The SMILES string of the molecule is O=C(CCCCO)N1CCN(C2CCCC2)CC1. The molecule has 0 aromatic carbocycles. The van der Waals surface area contributed by atoms with Gasteiger partial charge in [-0.25, -0.2) is 0 Å². The minimum Gasteiger partial charge on any atom is -0.396 e. The number of nitrogens with zero attached hydrogens (tertiary/aromatic N) is 2. The number of amides is 1. The maximum Gasteiger partial charge on any atom is 0.222 e. The summed E-state index contributed by atoms with van der Waals surface area (Å²) in [4.78, 5) is 16.5. The molecule has 1 heterocycles. The number of aliphatic hydroxyl groups excluding tert-OH is 1. The maximum atomic E-state index is 11.9. The minimum absolute atomic E-state index is 0.197. The number of carbonyl (C=O) groups is 1. The first-order chi connectivity index (χ1) is 8.81. The zero-order valence-electron chi connectivity index (χ0n) is 11.3. The summed E-state index contributed by atoms with van der Waals surface area (Å²) in [5.74, 6) is 0.273. The summed E-state index contributed by atoms with van der Waals surface area (Å²) < 4.78 is 0. The first-order valence-corrected chi connectivity index (χ1v) is 7.44. The summed E-state index contributed by atoms with van der Waals surface area (Å²) in [6.07, 6.45) is 7.63. The number of rotatable bonds is 5. The molecule has 1 amide bonds. The molecule has 1 aliphatic carbocycles. The molecule has 0 bridgehead atoms. The molecule has 2 rings (SSSR count). The first-order valence-electron chi connectivity index (χ1n) is 7.44. The molecule has 1 saturated carbocycles. The second-order valence-corrected chi connectivity index (χ2v) is 5.54. The van der Waals surface area contributed by atoms with E-state index >= 15 is 0 Å². The van der Waals surface area contributed by atoms with E-state index in [1.54, 1.807) is 0 Å². The van der Waals surface area contributed by atoms with Crippen molar-refractivity contribution in [3.63, 3.8) is 0 Å². The van der Waals surface area contributed by atoms with E-state index in [1.165, 1.54) is 25.7 Å². The highest BCUT2D eigenvalue weighted by Crippen LogP contribution is 2.24. The van der Waals surface area contributed by atoms with Crippen LogP contribution in [0, 0.1) is 0 Å². The predicted octanol–water partition coefficient (Wildman–Crippen LogP) is 1.24. The first kappa shape index (κ1) is 13.8. The molecule has 1 N–H and O–H groups in total. The fourth-order valence-corrected chi connectivity index (χ4v) is 3.15. The Hall–Kier alpha value is -0.610. The normalized spacial score (nSPS) is 22.6. The summed E-state index contributed by atoms with van der Waals surface area (Å²) in [6, 6.07) is 0.789. The Morgan fingerprint density at radius 3 is 2.33 bits per heavy atom. The van der Waals surface area contributed by atoms with Crippen LogP contribution in [0.2, 0.25) is 0 Å². The van der Waals surface area contributed by atoms with Crippen LogP contribution >= 0.6 is 0 Å². The Balaban J connectivity index is 1.67. The predicted molar refractivity (Wildman–Crippen MR) is 71.3 cm³/mol. The number of piperazine rings is 1. The maximum absolute atomic E-state index is 11.9. The topological polar surface area (TPSA) is 43.8 Å². The molecule has 0 aromatic heterocycles. The lowest BCUT2D eigenvalue weighted by Crippen LogP contribution is -2.51. The van der Waals surface area contributed by atoms with Gasteiger partial charge in [-0.2, -0.15) is 0 Å². The molecule has 104 valence electrons. The average molecular weight is 254 g/mol. The van der Waals surface area contributed by atoms with Gasteiger partial charge in [0.2, 0.25) is 5.91 Å². The van der Waals surface area contributed by atoms with Crippen LogP contribution in [0.5, 0.6) is 0 Å². The second-order valence-electron chi connectivity index (χ2n) is 5.54. The molecule has 0 unspecified atom stereocenters. The van der Waals surface area contributed by atoms with Gasteiger partial charge in [0.05, 0.1) is 0 Å². The summed E-state index contributed by atoms with van der Waals surface area (Å²) in [5.41, 5.74) is 0. The number of hydrogen-bond donors (Lipinski definition) is 1. The Morgan fingerprint density at radius 1 is 1.06 bits per heavy atom. The highest BCUT2D eigenvalue weighted by molar-refractivity contribution is 5.76. The standard InChI is InChI=1S/C14H26N2O2/c17-12-4-3-7-14(18)16-10-8-15(9-11-16)13-5-1-2-6-13/h13,17H,1-12H2. The highest BCUT2D eigenvalue weighted by Gasteiger charge is 2.27. The van der Waals surface area contributed by atoms with E-state index < -0.39 is 0 Å². The molecule has 1 aliphatic heterocycles. The summed E-state index contributed by atoms with van der Waals surface area (Å²) in [6.45, 7) is 4.10. The lowest BCUT2D eigenvalue weighted by atomic mass is 10.1. The Labute approximate surface area is 110 Å². The van der Waals surface area contributed by atoms with E-state index in [0.717, 1.165) is 45.1 Å². The smallest absolute Gasteiger partial charge is 0.222 e. The van der Waals surface area contributed by atoms with Gasteiger partial charge in [-0.05, 0) is 25.7 Å². The zero-order chi connectivity index (χ0) is 12.8. The van der Waals surface area contributed by atoms with E-state index in [-0.39, 0.29) is 12.5 Å². The van der Waals surface area contributed by atoms with Crippen LogP contribution in [0.25, 0.3) is 0 Å².